The predicted molar refractivity (Wildman–Crippen MR) is 81.4 cm³/mol. The molecule has 1 unspecified atom stereocenters. The third-order valence-electron chi connectivity index (χ3n) is 3.43. The molecule has 1 fully saturated rings. The predicted octanol–water partition coefficient (Wildman–Crippen LogP) is 2.33. The van der Waals surface area contributed by atoms with Crippen LogP contribution in [0.1, 0.15) is 30.1 Å². The van der Waals surface area contributed by atoms with Crippen LogP contribution in [0.2, 0.25) is 0 Å². The Bertz CT molecular complexity index is 476. The average molecular weight is 290 g/mol. The van der Waals surface area contributed by atoms with Crippen molar-refractivity contribution in [3.63, 3.8) is 0 Å². The summed E-state index contributed by atoms with van der Waals surface area (Å²) < 4.78 is 10.5. The van der Waals surface area contributed by atoms with Crippen LogP contribution in [0.3, 0.4) is 0 Å². The Kier molecular flexibility index (Phi) is 5.75. The normalized spacial score (nSPS) is 19.9. The van der Waals surface area contributed by atoms with Crippen molar-refractivity contribution in [3.05, 3.63) is 35.9 Å². The van der Waals surface area contributed by atoms with Gasteiger partial charge >= 0.3 is 5.97 Å². The number of hydrogen-bond donors (Lipinski definition) is 0. The third kappa shape index (κ3) is 4.56. The maximum atomic E-state index is 11.9. The van der Waals surface area contributed by atoms with Gasteiger partial charge in [0.15, 0.2) is 0 Å². The lowest BCUT2D eigenvalue weighted by atomic mass is 10.2. The van der Waals surface area contributed by atoms with Crippen LogP contribution >= 0.6 is 0 Å². The second-order valence-corrected chi connectivity index (χ2v) is 5.16. The monoisotopic (exact) mass is 290 g/mol. The van der Waals surface area contributed by atoms with Gasteiger partial charge in [0.25, 0.3) is 0 Å². The second-order valence-electron chi connectivity index (χ2n) is 5.16. The number of rotatable bonds is 6. The van der Waals surface area contributed by atoms with Crippen molar-refractivity contribution < 1.29 is 14.3 Å². The van der Waals surface area contributed by atoms with Crippen LogP contribution in [0.5, 0.6) is 0 Å². The van der Waals surface area contributed by atoms with Gasteiger partial charge in [-0.2, -0.15) is 5.10 Å². The summed E-state index contributed by atoms with van der Waals surface area (Å²) in [7, 11) is 1.70. The fourth-order valence-corrected chi connectivity index (χ4v) is 2.36. The molecule has 0 N–H and O–H groups in total. The Morgan fingerprint density at radius 2 is 2.24 bits per heavy atom. The topological polar surface area (TPSA) is 51.1 Å². The fourth-order valence-electron chi connectivity index (χ4n) is 2.36. The van der Waals surface area contributed by atoms with E-state index >= 15 is 0 Å². The molecule has 1 aliphatic rings. The summed E-state index contributed by atoms with van der Waals surface area (Å²) in [6, 6.07) is 9.29. The van der Waals surface area contributed by atoms with Crippen LogP contribution in [-0.2, 0) is 9.47 Å². The first-order valence-electron chi connectivity index (χ1n) is 7.26. The van der Waals surface area contributed by atoms with E-state index in [1.165, 1.54) is 0 Å². The van der Waals surface area contributed by atoms with Crippen molar-refractivity contribution in [3.8, 4) is 0 Å². The van der Waals surface area contributed by atoms with Crippen molar-refractivity contribution in [2.45, 2.75) is 31.9 Å². The molecule has 5 nitrogen and oxygen atoms in total. The number of benzene rings is 1. The van der Waals surface area contributed by atoms with E-state index in [0.29, 0.717) is 18.2 Å². The summed E-state index contributed by atoms with van der Waals surface area (Å²) >= 11 is 0. The molecule has 2 atom stereocenters. The maximum absolute atomic E-state index is 11.9. The first-order valence-corrected chi connectivity index (χ1v) is 7.26. The minimum absolute atomic E-state index is 0.322. The lowest BCUT2D eigenvalue weighted by Gasteiger charge is -2.21. The van der Waals surface area contributed by atoms with E-state index in [-0.39, 0.29) is 12.1 Å². The van der Waals surface area contributed by atoms with Gasteiger partial charge in [-0.15, -0.1) is 0 Å². The van der Waals surface area contributed by atoms with E-state index < -0.39 is 0 Å². The third-order valence-corrected chi connectivity index (χ3v) is 3.43. The fraction of sp³-hybridized carbons (Fsp3) is 0.500. The highest BCUT2D eigenvalue weighted by Gasteiger charge is 2.22. The Morgan fingerprint density at radius 3 is 2.95 bits per heavy atom. The van der Waals surface area contributed by atoms with Crippen molar-refractivity contribution in [1.29, 1.82) is 0 Å². The van der Waals surface area contributed by atoms with Crippen molar-refractivity contribution >= 4 is 12.2 Å². The zero-order valence-electron chi connectivity index (χ0n) is 12.6. The molecular formula is C16H22N2O3. The number of ether oxygens (including phenoxy) is 2. The van der Waals surface area contributed by atoms with E-state index in [2.05, 4.69) is 5.10 Å². The first-order chi connectivity index (χ1) is 10.2. The molecule has 0 amide bonds. The summed E-state index contributed by atoms with van der Waals surface area (Å²) in [5.41, 5.74) is 0.552. The number of carbonyl (C=O) groups is 1. The van der Waals surface area contributed by atoms with Crippen molar-refractivity contribution in [2.75, 3.05) is 20.3 Å². The Balaban J connectivity index is 1.85. The molecule has 0 aliphatic carbocycles. The smallest absolute Gasteiger partial charge is 0.338 e. The summed E-state index contributed by atoms with van der Waals surface area (Å²) in [5, 5.41) is 6.43. The minimum atomic E-state index is -0.360. The summed E-state index contributed by atoms with van der Waals surface area (Å²) in [4.78, 5) is 11.9. The van der Waals surface area contributed by atoms with Gasteiger partial charge in [0.2, 0.25) is 0 Å². The zero-order chi connectivity index (χ0) is 15.1. The van der Waals surface area contributed by atoms with Gasteiger partial charge in [-0.05, 0) is 31.9 Å². The quantitative estimate of drug-likeness (QED) is 0.596. The number of carbonyl (C=O) groups excluding carboxylic acids is 1. The van der Waals surface area contributed by atoms with Crippen molar-refractivity contribution in [1.82, 2.24) is 5.01 Å². The molecule has 1 aliphatic heterocycles. The molecule has 0 saturated carbocycles. The molecule has 0 aromatic heterocycles. The molecular weight excluding hydrogens is 268 g/mol. The van der Waals surface area contributed by atoms with Crippen LogP contribution in [0, 0.1) is 0 Å². The number of nitrogens with zero attached hydrogens (tertiary/aromatic N) is 2. The molecule has 21 heavy (non-hydrogen) atoms. The van der Waals surface area contributed by atoms with Crippen LogP contribution in [0.4, 0.5) is 0 Å². The molecule has 114 valence electrons. The van der Waals surface area contributed by atoms with Crippen molar-refractivity contribution in [2.24, 2.45) is 5.10 Å². The lowest BCUT2D eigenvalue weighted by molar-refractivity contribution is 0.0454. The van der Waals surface area contributed by atoms with Gasteiger partial charge in [0.05, 0.1) is 24.4 Å². The number of hydrazone groups is 1. The highest BCUT2D eigenvalue weighted by molar-refractivity contribution is 5.90. The van der Waals surface area contributed by atoms with E-state index in [0.717, 1.165) is 19.4 Å². The van der Waals surface area contributed by atoms with Crippen LogP contribution in [0.15, 0.2) is 35.4 Å². The SMILES string of the molecule is COC[C@@H]1CCCN1/N=C/C(C)OC(=O)c1ccccc1. The van der Waals surface area contributed by atoms with E-state index in [1.807, 2.05) is 30.1 Å². The molecule has 1 heterocycles. The Hall–Kier alpha value is -1.88. The molecule has 1 aromatic carbocycles. The molecule has 0 bridgehead atoms. The number of methoxy groups -OCH3 is 1. The van der Waals surface area contributed by atoms with Gasteiger partial charge in [0.1, 0.15) is 6.10 Å². The van der Waals surface area contributed by atoms with E-state index in [1.54, 1.807) is 25.5 Å². The average Bonchev–Trinajstić information content (AvgIpc) is 2.94. The molecule has 0 radical (unpaired) electrons. The Labute approximate surface area is 125 Å². The lowest BCUT2D eigenvalue weighted by Crippen LogP contribution is -2.29. The second kappa shape index (κ2) is 7.78. The first kappa shape index (κ1) is 15.5. The van der Waals surface area contributed by atoms with E-state index in [9.17, 15) is 4.79 Å². The van der Waals surface area contributed by atoms with Gasteiger partial charge in [-0.1, -0.05) is 18.2 Å². The van der Waals surface area contributed by atoms with Gasteiger partial charge in [-0.3, -0.25) is 5.01 Å². The molecule has 0 spiro atoms. The van der Waals surface area contributed by atoms with Gasteiger partial charge in [-0.25, -0.2) is 4.79 Å². The minimum Gasteiger partial charge on any atom is -0.453 e. The molecule has 1 saturated heterocycles. The number of hydrogen-bond acceptors (Lipinski definition) is 5. The number of esters is 1. The summed E-state index contributed by atoms with van der Waals surface area (Å²) in [6.45, 7) is 3.41. The highest BCUT2D eigenvalue weighted by atomic mass is 16.5. The zero-order valence-corrected chi connectivity index (χ0v) is 12.6. The van der Waals surface area contributed by atoms with Crippen LogP contribution in [-0.4, -0.2) is 49.6 Å². The summed E-state index contributed by atoms with van der Waals surface area (Å²) in [6.07, 6.45) is 3.52. The summed E-state index contributed by atoms with van der Waals surface area (Å²) in [5.74, 6) is -0.329. The standard InChI is InChI=1S/C16H22N2O3/c1-13(21-16(19)14-7-4-3-5-8-14)11-17-18-10-6-9-15(18)12-20-2/h3-5,7-8,11,13,15H,6,9-10,12H2,1-2H3/b17-11+/t13?,15-/m0/s1. The Morgan fingerprint density at radius 1 is 1.48 bits per heavy atom. The molecule has 2 rings (SSSR count). The highest BCUT2D eigenvalue weighted by Crippen LogP contribution is 2.17. The molecule has 5 heteroatoms. The van der Waals surface area contributed by atoms with Crippen LogP contribution < -0.4 is 0 Å². The van der Waals surface area contributed by atoms with Gasteiger partial charge in [0, 0.05) is 13.7 Å². The maximum Gasteiger partial charge on any atom is 0.338 e. The van der Waals surface area contributed by atoms with Crippen LogP contribution in [0.25, 0.3) is 0 Å². The van der Waals surface area contributed by atoms with E-state index in [4.69, 9.17) is 9.47 Å². The largest absolute Gasteiger partial charge is 0.453 e. The molecule has 1 aromatic rings. The van der Waals surface area contributed by atoms with Gasteiger partial charge < -0.3 is 9.47 Å².